The molecule has 3 aromatic carbocycles. The van der Waals surface area contributed by atoms with Crippen LogP contribution in [0.1, 0.15) is 25.7 Å². The molecule has 1 amide bonds. The van der Waals surface area contributed by atoms with Crippen LogP contribution in [0.3, 0.4) is 0 Å². The van der Waals surface area contributed by atoms with E-state index in [2.05, 4.69) is 20.4 Å². The van der Waals surface area contributed by atoms with Crippen LogP contribution in [0.15, 0.2) is 78.9 Å². The minimum atomic E-state index is -0.215. The maximum atomic E-state index is 12.5. The van der Waals surface area contributed by atoms with Crippen LogP contribution >= 0.6 is 0 Å². The number of nitrogens with zero attached hydrogens (tertiary/aromatic N) is 3. The minimum absolute atomic E-state index is 0.0669. The van der Waals surface area contributed by atoms with Crippen molar-refractivity contribution in [2.45, 2.75) is 25.7 Å². The summed E-state index contributed by atoms with van der Waals surface area (Å²) in [6, 6.07) is 25.5. The molecule has 4 aromatic rings. The molecule has 172 valence electrons. The van der Waals surface area contributed by atoms with Gasteiger partial charge in [-0.3, -0.25) is 4.79 Å². The zero-order valence-corrected chi connectivity index (χ0v) is 19.1. The Balaban J connectivity index is 1.23. The van der Waals surface area contributed by atoms with Gasteiger partial charge in [0.15, 0.2) is 12.4 Å². The second kappa shape index (κ2) is 10.3. The van der Waals surface area contributed by atoms with E-state index in [0.29, 0.717) is 11.4 Å². The summed E-state index contributed by atoms with van der Waals surface area (Å²) in [5, 5.41) is 13.9. The van der Waals surface area contributed by atoms with Crippen LogP contribution in [0.2, 0.25) is 0 Å². The summed E-state index contributed by atoms with van der Waals surface area (Å²) in [5.41, 5.74) is 2.38. The number of benzene rings is 3. The second-order valence-electron chi connectivity index (χ2n) is 8.57. The topological polar surface area (TPSA) is 67.3 Å². The Kier molecular flexibility index (Phi) is 6.66. The Morgan fingerprint density at radius 1 is 0.853 bits per heavy atom. The summed E-state index contributed by atoms with van der Waals surface area (Å²) < 4.78 is 5.81. The number of amides is 1. The molecular formula is C28H28N4O2. The van der Waals surface area contributed by atoms with Gasteiger partial charge in [-0.1, -0.05) is 61.4 Å². The maximum Gasteiger partial charge on any atom is 0.262 e. The Hall–Kier alpha value is -3.93. The van der Waals surface area contributed by atoms with E-state index < -0.39 is 0 Å². The molecule has 0 aliphatic carbocycles. The van der Waals surface area contributed by atoms with Gasteiger partial charge in [-0.25, -0.2) is 0 Å². The summed E-state index contributed by atoms with van der Waals surface area (Å²) in [5.74, 6) is 1.41. The molecule has 1 N–H and O–H groups in total. The quantitative estimate of drug-likeness (QED) is 0.407. The first-order valence-corrected chi connectivity index (χ1v) is 11.9. The third-order valence-corrected chi connectivity index (χ3v) is 6.13. The molecule has 0 unspecified atom stereocenters. The van der Waals surface area contributed by atoms with Crippen molar-refractivity contribution in [1.82, 2.24) is 10.2 Å². The van der Waals surface area contributed by atoms with Crippen LogP contribution < -0.4 is 15.0 Å². The number of carbonyl (C=O) groups excluding carboxylic acids is 1. The molecule has 1 aliphatic heterocycles. The highest BCUT2D eigenvalue weighted by Gasteiger charge is 2.12. The molecule has 1 fully saturated rings. The van der Waals surface area contributed by atoms with Crippen molar-refractivity contribution >= 4 is 28.2 Å². The van der Waals surface area contributed by atoms with Gasteiger partial charge in [-0.05, 0) is 48.6 Å². The lowest BCUT2D eigenvalue weighted by atomic mass is 10.1. The van der Waals surface area contributed by atoms with E-state index in [4.69, 9.17) is 4.74 Å². The van der Waals surface area contributed by atoms with Gasteiger partial charge in [-0.15, -0.1) is 10.2 Å². The number of anilines is 2. The van der Waals surface area contributed by atoms with Crippen molar-refractivity contribution in [1.29, 1.82) is 0 Å². The predicted octanol–water partition coefficient (Wildman–Crippen LogP) is 5.69. The maximum absolute atomic E-state index is 12.5. The highest BCUT2D eigenvalue weighted by molar-refractivity contribution is 5.93. The number of carbonyl (C=O) groups is 1. The third-order valence-electron chi connectivity index (χ3n) is 6.13. The first kappa shape index (κ1) is 21.9. The third kappa shape index (κ3) is 5.17. The number of ether oxygens (including phenoxy) is 1. The Morgan fingerprint density at radius 2 is 1.65 bits per heavy atom. The van der Waals surface area contributed by atoms with Gasteiger partial charge >= 0.3 is 0 Å². The van der Waals surface area contributed by atoms with Gasteiger partial charge in [0.05, 0.1) is 5.69 Å². The SMILES string of the molecule is O=C(COc1cccc2ccccc12)Nc1cccc(-c2ccc(N3CCCCCC3)nn2)c1. The number of rotatable bonds is 6. The average Bonchev–Trinajstić information content (AvgIpc) is 3.17. The van der Waals surface area contributed by atoms with Crippen LogP contribution in [-0.4, -0.2) is 35.8 Å². The largest absolute Gasteiger partial charge is 0.483 e. The average molecular weight is 453 g/mol. The minimum Gasteiger partial charge on any atom is -0.483 e. The van der Waals surface area contributed by atoms with Crippen molar-refractivity contribution < 1.29 is 9.53 Å². The fourth-order valence-electron chi connectivity index (χ4n) is 4.37. The van der Waals surface area contributed by atoms with Crippen molar-refractivity contribution in [3.05, 3.63) is 78.9 Å². The van der Waals surface area contributed by atoms with Gasteiger partial charge in [-0.2, -0.15) is 0 Å². The monoisotopic (exact) mass is 452 g/mol. The fraction of sp³-hybridized carbons (Fsp3) is 0.250. The number of hydrogen-bond acceptors (Lipinski definition) is 5. The van der Waals surface area contributed by atoms with Crippen LogP contribution in [0.4, 0.5) is 11.5 Å². The first-order valence-electron chi connectivity index (χ1n) is 11.9. The number of aromatic nitrogens is 2. The molecular weight excluding hydrogens is 424 g/mol. The van der Waals surface area contributed by atoms with E-state index in [1.807, 2.05) is 78.9 Å². The van der Waals surface area contributed by atoms with Crippen LogP contribution in [0, 0.1) is 0 Å². The summed E-state index contributed by atoms with van der Waals surface area (Å²) in [6.45, 7) is 2.01. The zero-order valence-electron chi connectivity index (χ0n) is 19.1. The Bertz CT molecular complexity index is 1260. The summed E-state index contributed by atoms with van der Waals surface area (Å²) in [7, 11) is 0. The zero-order chi connectivity index (χ0) is 23.2. The molecule has 34 heavy (non-hydrogen) atoms. The lowest BCUT2D eigenvalue weighted by Crippen LogP contribution is -2.25. The van der Waals surface area contributed by atoms with E-state index in [-0.39, 0.29) is 12.5 Å². The van der Waals surface area contributed by atoms with Gasteiger partial charge in [0.2, 0.25) is 0 Å². The number of fused-ring (bicyclic) bond motifs is 1. The van der Waals surface area contributed by atoms with Gasteiger partial charge in [0.25, 0.3) is 5.91 Å². The van der Waals surface area contributed by atoms with E-state index in [1.165, 1.54) is 25.7 Å². The predicted molar refractivity (Wildman–Crippen MR) is 136 cm³/mol. The summed E-state index contributed by atoms with van der Waals surface area (Å²) in [6.07, 6.45) is 4.98. The summed E-state index contributed by atoms with van der Waals surface area (Å²) >= 11 is 0. The van der Waals surface area contributed by atoms with E-state index in [9.17, 15) is 4.79 Å². The molecule has 5 rings (SSSR count). The second-order valence-corrected chi connectivity index (χ2v) is 8.57. The highest BCUT2D eigenvalue weighted by Crippen LogP contribution is 2.26. The molecule has 0 spiro atoms. The molecule has 0 saturated carbocycles. The molecule has 0 radical (unpaired) electrons. The van der Waals surface area contributed by atoms with Crippen LogP contribution in [0.5, 0.6) is 5.75 Å². The van der Waals surface area contributed by atoms with Crippen LogP contribution in [-0.2, 0) is 4.79 Å². The molecule has 1 aliphatic rings. The lowest BCUT2D eigenvalue weighted by Gasteiger charge is -2.20. The summed E-state index contributed by atoms with van der Waals surface area (Å²) in [4.78, 5) is 14.9. The molecule has 1 aromatic heterocycles. The first-order chi connectivity index (χ1) is 16.8. The molecule has 6 nitrogen and oxygen atoms in total. The molecule has 6 heteroatoms. The Morgan fingerprint density at radius 3 is 2.47 bits per heavy atom. The normalized spacial score (nSPS) is 13.9. The van der Waals surface area contributed by atoms with E-state index >= 15 is 0 Å². The van der Waals surface area contributed by atoms with Crippen LogP contribution in [0.25, 0.3) is 22.0 Å². The molecule has 1 saturated heterocycles. The van der Waals surface area contributed by atoms with Gasteiger partial charge < -0.3 is 15.0 Å². The van der Waals surface area contributed by atoms with Crippen molar-refractivity contribution in [3.63, 3.8) is 0 Å². The van der Waals surface area contributed by atoms with Crippen molar-refractivity contribution in [2.75, 3.05) is 29.9 Å². The van der Waals surface area contributed by atoms with E-state index in [1.54, 1.807) is 0 Å². The number of hydrogen-bond donors (Lipinski definition) is 1. The highest BCUT2D eigenvalue weighted by atomic mass is 16.5. The molecule has 0 bridgehead atoms. The van der Waals surface area contributed by atoms with Crippen molar-refractivity contribution in [2.24, 2.45) is 0 Å². The number of nitrogens with one attached hydrogen (secondary N) is 1. The molecule has 0 atom stereocenters. The lowest BCUT2D eigenvalue weighted by molar-refractivity contribution is -0.118. The van der Waals surface area contributed by atoms with Gasteiger partial charge in [0.1, 0.15) is 5.75 Å². The standard InChI is InChI=1S/C28H28N4O2/c33-28(20-34-26-14-8-10-21-9-3-4-13-24(21)26)29-23-12-7-11-22(19-23)25-15-16-27(31-30-25)32-17-5-1-2-6-18-32/h3-4,7-16,19H,1-2,5-6,17-18,20H2,(H,29,33). The Labute approximate surface area is 199 Å². The molecule has 2 heterocycles. The van der Waals surface area contributed by atoms with Gasteiger partial charge in [0, 0.05) is 29.7 Å². The van der Waals surface area contributed by atoms with E-state index in [0.717, 1.165) is 40.9 Å². The van der Waals surface area contributed by atoms with Crippen molar-refractivity contribution in [3.8, 4) is 17.0 Å². The fourth-order valence-corrected chi connectivity index (χ4v) is 4.37. The smallest absolute Gasteiger partial charge is 0.262 e.